The predicted molar refractivity (Wildman–Crippen MR) is 79.0 cm³/mol. The molecule has 0 aliphatic heterocycles. The van der Waals surface area contributed by atoms with Crippen molar-refractivity contribution in [1.82, 2.24) is 4.57 Å². The normalized spacial score (nSPS) is 14.0. The largest absolute Gasteiger partial charge is 0.462 e. The Bertz CT molecular complexity index is 874. The number of aromatic nitrogens is 1. The van der Waals surface area contributed by atoms with Gasteiger partial charge in [-0.25, -0.2) is 13.6 Å². The van der Waals surface area contributed by atoms with Crippen molar-refractivity contribution in [3.8, 4) is 5.75 Å². The highest BCUT2D eigenvalue weighted by atomic mass is 19.2. The molecule has 0 N–H and O–H groups in total. The molecule has 5 nitrogen and oxygen atoms in total. The molecule has 0 radical (unpaired) electrons. The van der Waals surface area contributed by atoms with Gasteiger partial charge >= 0.3 is 5.97 Å². The molecule has 24 heavy (non-hydrogen) atoms. The maximum absolute atomic E-state index is 14.0. The second-order valence-electron chi connectivity index (χ2n) is 5.38. The van der Waals surface area contributed by atoms with Crippen molar-refractivity contribution >= 4 is 16.9 Å². The summed E-state index contributed by atoms with van der Waals surface area (Å²) in [5, 5.41) is -0.255. The molecule has 8 heteroatoms. The third-order valence-corrected chi connectivity index (χ3v) is 3.80. The molecule has 0 bridgehead atoms. The van der Waals surface area contributed by atoms with Crippen LogP contribution in [0.5, 0.6) is 5.75 Å². The summed E-state index contributed by atoms with van der Waals surface area (Å²) < 4.78 is 51.3. The number of ether oxygens (including phenoxy) is 2. The molecular formula is C16H14F3NO4. The van der Waals surface area contributed by atoms with Crippen molar-refractivity contribution < 1.29 is 27.4 Å². The van der Waals surface area contributed by atoms with Crippen LogP contribution in [0.2, 0.25) is 0 Å². The van der Waals surface area contributed by atoms with Crippen LogP contribution in [0.4, 0.5) is 13.2 Å². The standard InChI is InChI=1S/C16H14F3NO4/c1-2-23-16(22)10-6-20(8-3-4-8)13-9(14(10)21)5-11(18)12(19)15(13)24-7-17/h5-6,8H,2-4,7H2,1H3. The van der Waals surface area contributed by atoms with E-state index < -0.39 is 35.6 Å². The smallest absolute Gasteiger partial charge is 0.343 e. The molecule has 0 amide bonds. The van der Waals surface area contributed by atoms with Gasteiger partial charge in [-0.15, -0.1) is 0 Å². The zero-order valence-electron chi connectivity index (χ0n) is 12.8. The van der Waals surface area contributed by atoms with Gasteiger partial charge in [-0.05, 0) is 25.8 Å². The molecule has 1 aliphatic carbocycles. The fourth-order valence-corrected chi connectivity index (χ4v) is 2.61. The molecular weight excluding hydrogens is 327 g/mol. The third-order valence-electron chi connectivity index (χ3n) is 3.80. The lowest BCUT2D eigenvalue weighted by atomic mass is 10.1. The highest BCUT2D eigenvalue weighted by molar-refractivity contribution is 5.95. The highest BCUT2D eigenvalue weighted by Gasteiger charge is 2.30. The summed E-state index contributed by atoms with van der Waals surface area (Å²) in [6.45, 7) is 0.266. The van der Waals surface area contributed by atoms with Crippen LogP contribution in [0.15, 0.2) is 17.1 Å². The maximum Gasteiger partial charge on any atom is 0.343 e. The number of carbonyl (C=O) groups excluding carboxylic acids is 1. The first-order chi connectivity index (χ1) is 11.5. The van der Waals surface area contributed by atoms with Crippen LogP contribution in [0.25, 0.3) is 10.9 Å². The van der Waals surface area contributed by atoms with E-state index in [9.17, 15) is 22.8 Å². The van der Waals surface area contributed by atoms with Gasteiger partial charge in [0.25, 0.3) is 0 Å². The minimum absolute atomic E-state index is 0.0629. The summed E-state index contributed by atoms with van der Waals surface area (Å²) in [6.07, 6.45) is 2.70. The van der Waals surface area contributed by atoms with Gasteiger partial charge in [0.05, 0.1) is 17.5 Å². The monoisotopic (exact) mass is 341 g/mol. The Balaban J connectivity index is 2.38. The molecule has 3 rings (SSSR count). The van der Waals surface area contributed by atoms with Gasteiger partial charge in [0.1, 0.15) is 5.56 Å². The van der Waals surface area contributed by atoms with Gasteiger partial charge in [0.15, 0.2) is 11.6 Å². The summed E-state index contributed by atoms with van der Waals surface area (Å²) >= 11 is 0. The molecule has 0 spiro atoms. The van der Waals surface area contributed by atoms with Crippen LogP contribution in [-0.4, -0.2) is 24.0 Å². The number of alkyl halides is 1. The number of esters is 1. The van der Waals surface area contributed by atoms with E-state index in [2.05, 4.69) is 4.74 Å². The molecule has 1 aromatic carbocycles. The molecule has 1 aromatic heterocycles. The minimum Gasteiger partial charge on any atom is -0.462 e. The molecule has 1 saturated carbocycles. The molecule has 128 valence electrons. The maximum atomic E-state index is 14.0. The van der Waals surface area contributed by atoms with E-state index in [-0.39, 0.29) is 29.1 Å². The number of benzene rings is 1. The van der Waals surface area contributed by atoms with Gasteiger partial charge in [-0.1, -0.05) is 0 Å². The molecule has 1 fully saturated rings. The molecule has 0 atom stereocenters. The van der Waals surface area contributed by atoms with E-state index in [1.807, 2.05) is 0 Å². The lowest BCUT2D eigenvalue weighted by Crippen LogP contribution is -2.21. The van der Waals surface area contributed by atoms with Crippen LogP contribution >= 0.6 is 0 Å². The van der Waals surface area contributed by atoms with Crippen molar-refractivity contribution in [3.05, 3.63) is 39.7 Å². The Kier molecular flexibility index (Phi) is 4.21. The Morgan fingerprint density at radius 2 is 2.08 bits per heavy atom. The van der Waals surface area contributed by atoms with E-state index in [1.54, 1.807) is 6.92 Å². The summed E-state index contributed by atoms with van der Waals surface area (Å²) in [7, 11) is 0. The van der Waals surface area contributed by atoms with Crippen LogP contribution < -0.4 is 10.2 Å². The van der Waals surface area contributed by atoms with E-state index in [1.165, 1.54) is 10.8 Å². The highest BCUT2D eigenvalue weighted by Crippen LogP contribution is 2.40. The lowest BCUT2D eigenvalue weighted by Gasteiger charge is -2.16. The molecule has 2 aromatic rings. The average Bonchev–Trinajstić information content (AvgIpc) is 3.38. The second-order valence-corrected chi connectivity index (χ2v) is 5.38. The van der Waals surface area contributed by atoms with Gasteiger partial charge in [0, 0.05) is 12.2 Å². The van der Waals surface area contributed by atoms with Crippen molar-refractivity contribution in [3.63, 3.8) is 0 Å². The number of hydrogen-bond acceptors (Lipinski definition) is 4. The average molecular weight is 341 g/mol. The Morgan fingerprint density at radius 3 is 2.67 bits per heavy atom. The summed E-state index contributed by atoms with van der Waals surface area (Å²) in [6, 6.07) is 0.591. The van der Waals surface area contributed by atoms with Gasteiger partial charge in [0.2, 0.25) is 18.1 Å². The molecule has 0 unspecified atom stereocenters. The summed E-state index contributed by atoms with van der Waals surface area (Å²) in [5.74, 6) is -4.26. The zero-order valence-corrected chi connectivity index (χ0v) is 12.8. The number of pyridine rings is 1. The first-order valence-electron chi connectivity index (χ1n) is 7.42. The minimum atomic E-state index is -1.38. The van der Waals surface area contributed by atoms with E-state index in [0.717, 1.165) is 12.8 Å². The quantitative estimate of drug-likeness (QED) is 0.784. The molecule has 1 aliphatic rings. The van der Waals surface area contributed by atoms with Crippen LogP contribution in [-0.2, 0) is 4.74 Å². The van der Waals surface area contributed by atoms with Crippen molar-refractivity contribution in [1.29, 1.82) is 0 Å². The first kappa shape index (κ1) is 16.4. The van der Waals surface area contributed by atoms with E-state index in [0.29, 0.717) is 6.07 Å². The summed E-state index contributed by atoms with van der Waals surface area (Å²) in [4.78, 5) is 24.5. The Hall–Kier alpha value is -2.51. The van der Waals surface area contributed by atoms with Crippen LogP contribution in [0.1, 0.15) is 36.2 Å². The fraction of sp³-hybridized carbons (Fsp3) is 0.375. The number of rotatable bonds is 5. The zero-order chi connectivity index (χ0) is 17.4. The number of halogens is 3. The topological polar surface area (TPSA) is 57.5 Å². The van der Waals surface area contributed by atoms with Crippen molar-refractivity contribution in [2.45, 2.75) is 25.8 Å². The van der Waals surface area contributed by atoms with E-state index >= 15 is 0 Å². The van der Waals surface area contributed by atoms with Crippen LogP contribution in [0.3, 0.4) is 0 Å². The number of hydrogen-bond donors (Lipinski definition) is 0. The van der Waals surface area contributed by atoms with Gasteiger partial charge < -0.3 is 14.0 Å². The molecule has 0 saturated heterocycles. The second kappa shape index (κ2) is 6.18. The SMILES string of the molecule is CCOC(=O)c1cn(C2CC2)c2c(OCF)c(F)c(F)cc2c1=O. The van der Waals surface area contributed by atoms with Crippen molar-refractivity contribution in [2.24, 2.45) is 0 Å². The van der Waals surface area contributed by atoms with E-state index in [4.69, 9.17) is 4.74 Å². The first-order valence-corrected chi connectivity index (χ1v) is 7.42. The Morgan fingerprint density at radius 1 is 1.38 bits per heavy atom. The predicted octanol–water partition coefficient (Wildman–Crippen LogP) is 3.10. The molecule has 1 heterocycles. The third kappa shape index (κ3) is 2.61. The summed E-state index contributed by atoms with van der Waals surface area (Å²) in [5.41, 5.74) is -1.16. The number of nitrogens with zero attached hydrogens (tertiary/aromatic N) is 1. The number of fused-ring (bicyclic) bond motifs is 1. The van der Waals surface area contributed by atoms with Crippen molar-refractivity contribution in [2.75, 3.05) is 13.5 Å². The van der Waals surface area contributed by atoms with Gasteiger partial charge in [-0.3, -0.25) is 4.79 Å². The Labute approximate surface area is 134 Å². The fourth-order valence-electron chi connectivity index (χ4n) is 2.61. The number of carbonyl (C=O) groups is 1. The lowest BCUT2D eigenvalue weighted by molar-refractivity contribution is 0.0524. The van der Waals surface area contributed by atoms with Crippen LogP contribution in [0, 0.1) is 11.6 Å². The van der Waals surface area contributed by atoms with Gasteiger partial charge in [-0.2, -0.15) is 4.39 Å².